The average Bonchev–Trinajstić information content (AvgIpc) is 2.40. The summed E-state index contributed by atoms with van der Waals surface area (Å²) in [6, 6.07) is 9.01. The van der Waals surface area contributed by atoms with Gasteiger partial charge in [0.1, 0.15) is 0 Å². The third kappa shape index (κ3) is 6.07. The van der Waals surface area contributed by atoms with Crippen LogP contribution in [0.25, 0.3) is 0 Å². The molecule has 2 nitrogen and oxygen atoms in total. The highest BCUT2D eigenvalue weighted by molar-refractivity contribution is 9.10. The molecule has 1 rings (SSSR count). The van der Waals surface area contributed by atoms with Crippen molar-refractivity contribution in [3.8, 4) is 0 Å². The van der Waals surface area contributed by atoms with Gasteiger partial charge in [0.2, 0.25) is 0 Å². The minimum atomic E-state index is -0.0541. The molecule has 19 heavy (non-hydrogen) atoms. The van der Waals surface area contributed by atoms with Gasteiger partial charge < -0.3 is 10.1 Å². The summed E-state index contributed by atoms with van der Waals surface area (Å²) in [6.45, 7) is 7.54. The van der Waals surface area contributed by atoms with Gasteiger partial charge in [0.15, 0.2) is 0 Å². The summed E-state index contributed by atoms with van der Waals surface area (Å²) in [5.74, 6) is 0. The van der Waals surface area contributed by atoms with Gasteiger partial charge in [0.05, 0.1) is 5.60 Å². The van der Waals surface area contributed by atoms with Crippen LogP contribution in [0.1, 0.15) is 51.6 Å². The lowest BCUT2D eigenvalue weighted by molar-refractivity contribution is 0.0117. The van der Waals surface area contributed by atoms with Gasteiger partial charge in [-0.1, -0.05) is 35.0 Å². The zero-order valence-electron chi connectivity index (χ0n) is 12.5. The van der Waals surface area contributed by atoms with Crippen molar-refractivity contribution in [3.05, 3.63) is 34.3 Å². The van der Waals surface area contributed by atoms with Gasteiger partial charge in [0.25, 0.3) is 0 Å². The number of nitrogens with one attached hydrogen (secondary N) is 1. The number of halogens is 1. The van der Waals surface area contributed by atoms with Crippen LogP contribution in [0.4, 0.5) is 0 Å². The van der Waals surface area contributed by atoms with E-state index in [-0.39, 0.29) is 5.60 Å². The smallest absolute Gasteiger partial charge is 0.0623 e. The van der Waals surface area contributed by atoms with Gasteiger partial charge in [-0.2, -0.15) is 0 Å². The van der Waals surface area contributed by atoms with E-state index >= 15 is 0 Å². The summed E-state index contributed by atoms with van der Waals surface area (Å²) in [6.07, 6.45) is 3.28. The van der Waals surface area contributed by atoms with Gasteiger partial charge in [0, 0.05) is 17.6 Å². The molecule has 0 heterocycles. The largest absolute Gasteiger partial charge is 0.379 e. The molecule has 1 unspecified atom stereocenters. The van der Waals surface area contributed by atoms with Gasteiger partial charge in [-0.05, 0) is 57.4 Å². The lowest BCUT2D eigenvalue weighted by Crippen LogP contribution is -2.27. The highest BCUT2D eigenvalue weighted by Crippen LogP contribution is 2.25. The van der Waals surface area contributed by atoms with E-state index in [9.17, 15) is 0 Å². The van der Waals surface area contributed by atoms with Crippen LogP contribution in [0.3, 0.4) is 0 Å². The topological polar surface area (TPSA) is 21.3 Å². The molecule has 3 heteroatoms. The van der Waals surface area contributed by atoms with Crippen LogP contribution in [0.15, 0.2) is 28.7 Å². The van der Waals surface area contributed by atoms with Crippen molar-refractivity contribution in [3.63, 3.8) is 0 Å². The van der Waals surface area contributed by atoms with Gasteiger partial charge >= 0.3 is 0 Å². The van der Waals surface area contributed by atoms with E-state index in [1.807, 2.05) is 0 Å². The van der Waals surface area contributed by atoms with Crippen LogP contribution in [-0.4, -0.2) is 19.3 Å². The molecular weight excluding hydrogens is 302 g/mol. The third-order valence-electron chi connectivity index (χ3n) is 3.50. The first-order chi connectivity index (χ1) is 8.98. The predicted molar refractivity (Wildman–Crippen MR) is 85.5 cm³/mol. The van der Waals surface area contributed by atoms with Gasteiger partial charge in [-0.15, -0.1) is 0 Å². The average molecular weight is 328 g/mol. The molecule has 0 aliphatic heterocycles. The molecule has 1 aromatic rings. The molecule has 0 saturated heterocycles. The van der Waals surface area contributed by atoms with Crippen LogP contribution < -0.4 is 5.32 Å². The fourth-order valence-electron chi connectivity index (χ4n) is 1.99. The van der Waals surface area contributed by atoms with Crippen molar-refractivity contribution in [2.24, 2.45) is 0 Å². The summed E-state index contributed by atoms with van der Waals surface area (Å²) in [5, 5.41) is 3.63. The molecule has 1 N–H and O–H groups in total. The zero-order chi connectivity index (χ0) is 14.3. The molecule has 0 aliphatic rings. The second-order valence-corrected chi connectivity index (χ2v) is 6.48. The van der Waals surface area contributed by atoms with Crippen molar-refractivity contribution in [1.82, 2.24) is 5.32 Å². The minimum Gasteiger partial charge on any atom is -0.379 e. The maximum absolute atomic E-state index is 5.51. The normalized spacial score (nSPS) is 13.5. The lowest BCUT2D eigenvalue weighted by Gasteiger charge is -2.26. The summed E-state index contributed by atoms with van der Waals surface area (Å²) in [7, 11) is 1.79. The Morgan fingerprint density at radius 1 is 1.26 bits per heavy atom. The van der Waals surface area contributed by atoms with Crippen molar-refractivity contribution in [1.29, 1.82) is 0 Å². The molecule has 0 bridgehead atoms. The summed E-state index contributed by atoms with van der Waals surface area (Å²) < 4.78 is 6.64. The van der Waals surface area contributed by atoms with Crippen LogP contribution in [0.5, 0.6) is 0 Å². The van der Waals surface area contributed by atoms with Crippen LogP contribution in [0.2, 0.25) is 0 Å². The molecule has 1 aromatic carbocycles. The predicted octanol–water partition coefficient (Wildman–Crippen LogP) is 4.70. The van der Waals surface area contributed by atoms with Gasteiger partial charge in [-0.3, -0.25) is 0 Å². The molecule has 0 radical (unpaired) electrons. The van der Waals surface area contributed by atoms with E-state index in [0.717, 1.165) is 30.3 Å². The second-order valence-electron chi connectivity index (χ2n) is 5.56. The number of ether oxygens (including phenoxy) is 1. The van der Waals surface area contributed by atoms with Crippen LogP contribution >= 0.6 is 15.9 Å². The Hall–Kier alpha value is -0.380. The first kappa shape index (κ1) is 16.7. The van der Waals surface area contributed by atoms with Crippen LogP contribution in [-0.2, 0) is 4.74 Å². The van der Waals surface area contributed by atoms with E-state index in [4.69, 9.17) is 4.74 Å². The first-order valence-corrected chi connectivity index (χ1v) is 7.82. The fourth-order valence-corrected chi connectivity index (χ4v) is 2.26. The molecule has 0 aliphatic carbocycles. The Kier molecular flexibility index (Phi) is 7.05. The number of benzene rings is 1. The molecule has 0 saturated carbocycles. The highest BCUT2D eigenvalue weighted by atomic mass is 79.9. The number of methoxy groups -OCH3 is 1. The quantitative estimate of drug-likeness (QED) is 0.747. The second kappa shape index (κ2) is 8.03. The van der Waals surface area contributed by atoms with Crippen molar-refractivity contribution >= 4 is 15.9 Å². The number of hydrogen-bond donors (Lipinski definition) is 1. The van der Waals surface area contributed by atoms with Crippen LogP contribution in [0, 0.1) is 0 Å². The SMILES string of the molecule is CCCNC(CCC(C)(C)OC)c1ccc(Br)cc1. The standard InChI is InChI=1S/C16H26BrNO/c1-5-12-18-15(10-11-16(2,3)19-4)13-6-8-14(17)9-7-13/h6-9,15,18H,5,10-12H2,1-4H3. The van der Waals surface area contributed by atoms with Crippen molar-refractivity contribution in [2.75, 3.05) is 13.7 Å². The Labute approximate surface area is 126 Å². The molecule has 1 atom stereocenters. The molecule has 0 fully saturated rings. The van der Waals surface area contributed by atoms with E-state index in [2.05, 4.69) is 66.3 Å². The van der Waals surface area contributed by atoms with Gasteiger partial charge in [-0.25, -0.2) is 0 Å². The third-order valence-corrected chi connectivity index (χ3v) is 4.03. The first-order valence-electron chi connectivity index (χ1n) is 7.02. The monoisotopic (exact) mass is 327 g/mol. The Balaban J connectivity index is 2.68. The Morgan fingerprint density at radius 3 is 2.42 bits per heavy atom. The summed E-state index contributed by atoms with van der Waals surface area (Å²) >= 11 is 3.49. The number of rotatable bonds is 8. The summed E-state index contributed by atoms with van der Waals surface area (Å²) in [4.78, 5) is 0. The van der Waals surface area contributed by atoms with Crippen molar-refractivity contribution < 1.29 is 4.74 Å². The lowest BCUT2D eigenvalue weighted by atomic mass is 9.95. The molecular formula is C16H26BrNO. The molecule has 0 spiro atoms. The van der Waals surface area contributed by atoms with E-state index in [0.29, 0.717) is 6.04 Å². The summed E-state index contributed by atoms with van der Waals surface area (Å²) in [5.41, 5.74) is 1.30. The van der Waals surface area contributed by atoms with E-state index in [1.54, 1.807) is 7.11 Å². The maximum Gasteiger partial charge on any atom is 0.0623 e. The number of hydrogen-bond acceptors (Lipinski definition) is 2. The minimum absolute atomic E-state index is 0.0541. The van der Waals surface area contributed by atoms with E-state index < -0.39 is 0 Å². The highest BCUT2D eigenvalue weighted by Gasteiger charge is 2.19. The molecule has 108 valence electrons. The molecule has 0 amide bonds. The Bertz CT molecular complexity index is 362. The fraction of sp³-hybridized carbons (Fsp3) is 0.625. The van der Waals surface area contributed by atoms with Crippen molar-refractivity contribution in [2.45, 2.75) is 51.7 Å². The van der Waals surface area contributed by atoms with E-state index in [1.165, 1.54) is 5.56 Å². The zero-order valence-corrected chi connectivity index (χ0v) is 14.1. The Morgan fingerprint density at radius 2 is 1.89 bits per heavy atom. The maximum atomic E-state index is 5.51. The molecule has 0 aromatic heterocycles.